The van der Waals surface area contributed by atoms with Crippen molar-refractivity contribution in [2.24, 2.45) is 0 Å². The lowest BCUT2D eigenvalue weighted by Crippen LogP contribution is -2.36. The molecule has 25 heavy (non-hydrogen) atoms. The number of anilines is 1. The fourth-order valence-electron chi connectivity index (χ4n) is 1.81. The van der Waals surface area contributed by atoms with Crippen LogP contribution in [0.5, 0.6) is 5.75 Å². The molecule has 2 rings (SSSR count). The van der Waals surface area contributed by atoms with E-state index in [9.17, 15) is 9.59 Å². The Morgan fingerprint density at radius 2 is 1.84 bits per heavy atom. The second-order valence-corrected chi connectivity index (χ2v) is 5.42. The number of aromatic nitrogens is 1. The summed E-state index contributed by atoms with van der Waals surface area (Å²) in [4.78, 5) is 27.8. The fourth-order valence-corrected chi connectivity index (χ4v) is 1.93. The quantitative estimate of drug-likeness (QED) is 0.543. The molecule has 2 amide bonds. The van der Waals surface area contributed by atoms with Crippen molar-refractivity contribution in [2.75, 3.05) is 12.4 Å². The average molecular weight is 361 g/mol. The summed E-state index contributed by atoms with van der Waals surface area (Å²) in [5.41, 5.74) is 6.07. The lowest BCUT2D eigenvalue weighted by atomic mass is 10.2. The van der Waals surface area contributed by atoms with Crippen LogP contribution in [0.3, 0.4) is 0 Å². The number of allylic oxidation sites excluding steroid dienone is 1. The Morgan fingerprint density at radius 1 is 1.12 bits per heavy atom. The highest BCUT2D eigenvalue weighted by molar-refractivity contribution is 6.30. The molecule has 0 radical (unpaired) electrons. The van der Waals surface area contributed by atoms with Gasteiger partial charge in [0.1, 0.15) is 11.6 Å². The third kappa shape index (κ3) is 5.82. The van der Waals surface area contributed by atoms with Gasteiger partial charge in [-0.05, 0) is 43.3 Å². The topological polar surface area (TPSA) is 92.4 Å². The Labute approximate surface area is 150 Å². The van der Waals surface area contributed by atoms with E-state index in [1.807, 2.05) is 0 Å². The van der Waals surface area contributed by atoms with E-state index < -0.39 is 5.91 Å². The van der Waals surface area contributed by atoms with Crippen LogP contribution in [0.2, 0.25) is 5.02 Å². The largest absolute Gasteiger partial charge is 0.497 e. The van der Waals surface area contributed by atoms with Crippen LogP contribution in [0.1, 0.15) is 17.3 Å². The minimum Gasteiger partial charge on any atom is -0.497 e. The molecule has 2 aromatic rings. The van der Waals surface area contributed by atoms with Crippen molar-refractivity contribution in [3.63, 3.8) is 0 Å². The predicted molar refractivity (Wildman–Crippen MR) is 95.2 cm³/mol. The summed E-state index contributed by atoms with van der Waals surface area (Å²) in [7, 11) is 1.55. The van der Waals surface area contributed by atoms with E-state index >= 15 is 0 Å². The van der Waals surface area contributed by atoms with E-state index in [-0.39, 0.29) is 5.91 Å². The van der Waals surface area contributed by atoms with Gasteiger partial charge in [-0.3, -0.25) is 15.0 Å². The lowest BCUT2D eigenvalue weighted by Gasteiger charge is -2.09. The highest BCUT2D eigenvalue weighted by atomic mass is 35.5. The summed E-state index contributed by atoms with van der Waals surface area (Å²) >= 11 is 5.73. The average Bonchev–Trinajstić information content (AvgIpc) is 2.61. The second kappa shape index (κ2) is 8.70. The molecular weight excluding hydrogens is 344 g/mol. The number of carbonyl (C=O) groups excluding carboxylic acids is 2. The zero-order valence-electron chi connectivity index (χ0n) is 13.7. The second-order valence-electron chi connectivity index (χ2n) is 4.99. The van der Waals surface area contributed by atoms with Crippen LogP contribution < -0.4 is 20.9 Å². The molecule has 8 heteroatoms. The summed E-state index contributed by atoms with van der Waals surface area (Å²) in [6.07, 6.45) is 2.73. The minimum absolute atomic E-state index is 0.338. The molecule has 3 N–H and O–H groups in total. The maximum atomic E-state index is 12.0. The highest BCUT2D eigenvalue weighted by Crippen LogP contribution is 2.11. The van der Waals surface area contributed by atoms with Gasteiger partial charge in [-0.25, -0.2) is 4.98 Å². The number of nitrogens with one attached hydrogen (secondary N) is 3. The Kier molecular flexibility index (Phi) is 6.36. The number of methoxy groups -OCH3 is 1. The van der Waals surface area contributed by atoms with Crippen LogP contribution in [-0.2, 0) is 4.79 Å². The number of hydrazine groups is 1. The molecule has 0 aliphatic heterocycles. The van der Waals surface area contributed by atoms with E-state index in [1.165, 1.54) is 12.3 Å². The summed E-state index contributed by atoms with van der Waals surface area (Å²) in [5.74, 6) is 0.308. The van der Waals surface area contributed by atoms with Crippen LogP contribution in [0, 0.1) is 0 Å². The van der Waals surface area contributed by atoms with Crippen LogP contribution >= 0.6 is 11.6 Å². The summed E-state index contributed by atoms with van der Waals surface area (Å²) < 4.78 is 5.03. The number of benzene rings is 1. The van der Waals surface area contributed by atoms with Crippen molar-refractivity contribution in [3.8, 4) is 5.75 Å². The molecule has 0 aliphatic carbocycles. The number of ether oxygens (including phenoxy) is 1. The first-order chi connectivity index (χ1) is 12.0. The van der Waals surface area contributed by atoms with Crippen LogP contribution in [0.4, 0.5) is 5.82 Å². The number of halogens is 1. The Morgan fingerprint density at radius 3 is 2.44 bits per heavy atom. The Bertz CT molecular complexity index is 773. The third-order valence-corrected chi connectivity index (χ3v) is 3.28. The predicted octanol–water partition coefficient (Wildman–Crippen LogP) is 2.52. The van der Waals surface area contributed by atoms with Crippen molar-refractivity contribution < 1.29 is 14.3 Å². The van der Waals surface area contributed by atoms with Crippen molar-refractivity contribution in [1.82, 2.24) is 15.8 Å². The summed E-state index contributed by atoms with van der Waals surface area (Å²) in [6.45, 7) is 1.64. The number of hydrogen-bond donors (Lipinski definition) is 3. The zero-order chi connectivity index (χ0) is 18.2. The van der Waals surface area contributed by atoms with Gasteiger partial charge in [0.2, 0.25) is 0 Å². The minimum atomic E-state index is -0.390. The first kappa shape index (κ1) is 18.3. The smallest absolute Gasteiger partial charge is 0.269 e. The SMILES string of the molecule is COc1ccc(C(=O)NN/C(C)=C/C(=O)Nc2ccc(Cl)cn2)cc1. The summed E-state index contributed by atoms with van der Waals surface area (Å²) in [5, 5.41) is 3.06. The fraction of sp³-hybridized carbons (Fsp3) is 0.118. The molecule has 0 bridgehead atoms. The van der Waals surface area contributed by atoms with Crippen molar-refractivity contribution in [1.29, 1.82) is 0 Å². The molecule has 1 heterocycles. The zero-order valence-corrected chi connectivity index (χ0v) is 14.4. The van der Waals surface area contributed by atoms with Crippen LogP contribution in [-0.4, -0.2) is 23.9 Å². The van der Waals surface area contributed by atoms with Gasteiger partial charge in [-0.15, -0.1) is 0 Å². The van der Waals surface area contributed by atoms with Crippen molar-refractivity contribution in [3.05, 3.63) is 65.0 Å². The molecule has 0 unspecified atom stereocenters. The molecule has 0 aliphatic rings. The van der Waals surface area contributed by atoms with Gasteiger partial charge in [0.15, 0.2) is 0 Å². The first-order valence-electron chi connectivity index (χ1n) is 7.29. The maximum absolute atomic E-state index is 12.0. The molecule has 0 fully saturated rings. The van der Waals surface area contributed by atoms with Crippen LogP contribution in [0.15, 0.2) is 54.4 Å². The maximum Gasteiger partial charge on any atom is 0.269 e. The number of nitrogens with zero attached hydrogens (tertiary/aromatic N) is 1. The van der Waals surface area contributed by atoms with E-state index in [0.29, 0.717) is 27.9 Å². The number of hydrogen-bond acceptors (Lipinski definition) is 5. The molecule has 1 aromatic carbocycles. The van der Waals surface area contributed by atoms with Crippen molar-refractivity contribution in [2.45, 2.75) is 6.92 Å². The Balaban J connectivity index is 1.86. The van der Waals surface area contributed by atoms with E-state index in [2.05, 4.69) is 21.2 Å². The van der Waals surface area contributed by atoms with Gasteiger partial charge in [0, 0.05) is 23.5 Å². The van der Waals surface area contributed by atoms with Gasteiger partial charge in [0.05, 0.1) is 12.1 Å². The molecule has 130 valence electrons. The monoisotopic (exact) mass is 360 g/mol. The molecule has 1 aromatic heterocycles. The number of rotatable bonds is 6. The van der Waals surface area contributed by atoms with Gasteiger partial charge < -0.3 is 15.5 Å². The van der Waals surface area contributed by atoms with Gasteiger partial charge in [-0.2, -0.15) is 0 Å². The van der Waals surface area contributed by atoms with Gasteiger partial charge >= 0.3 is 0 Å². The van der Waals surface area contributed by atoms with E-state index in [1.54, 1.807) is 50.4 Å². The lowest BCUT2D eigenvalue weighted by molar-refractivity contribution is -0.112. The summed E-state index contributed by atoms with van der Waals surface area (Å²) in [6, 6.07) is 9.84. The highest BCUT2D eigenvalue weighted by Gasteiger charge is 2.06. The molecule has 0 saturated carbocycles. The van der Waals surface area contributed by atoms with Crippen molar-refractivity contribution >= 4 is 29.2 Å². The number of amides is 2. The first-order valence-corrected chi connectivity index (χ1v) is 7.67. The van der Waals surface area contributed by atoms with Gasteiger partial charge in [-0.1, -0.05) is 11.6 Å². The van der Waals surface area contributed by atoms with E-state index in [0.717, 1.165) is 0 Å². The number of pyridine rings is 1. The normalized spacial score (nSPS) is 10.8. The van der Waals surface area contributed by atoms with Crippen LogP contribution in [0.25, 0.3) is 0 Å². The van der Waals surface area contributed by atoms with E-state index in [4.69, 9.17) is 16.3 Å². The number of carbonyl (C=O) groups is 2. The molecule has 7 nitrogen and oxygen atoms in total. The molecular formula is C17H17ClN4O3. The molecule has 0 atom stereocenters. The molecule has 0 saturated heterocycles. The Hall–Kier alpha value is -3.06. The standard InChI is InChI=1S/C17H17ClN4O3/c1-11(9-16(23)20-15-8-5-13(18)10-19-15)21-22-17(24)12-3-6-14(25-2)7-4-12/h3-10,21H,1-2H3,(H,22,24)(H,19,20,23)/b11-9+. The third-order valence-electron chi connectivity index (χ3n) is 3.05. The molecule has 0 spiro atoms. The van der Waals surface area contributed by atoms with Gasteiger partial charge in [0.25, 0.3) is 11.8 Å².